The second-order valence-electron chi connectivity index (χ2n) is 14.3. The predicted molar refractivity (Wildman–Crippen MR) is 226 cm³/mol. The minimum Gasteiger partial charge on any atom is -0.612 e. The Balaban J connectivity index is 3.04. The summed E-state index contributed by atoms with van der Waals surface area (Å²) in [6.07, 6.45) is 0. The summed E-state index contributed by atoms with van der Waals surface area (Å²) in [6, 6.07) is 24.0. The molecule has 0 saturated heterocycles. The number of rotatable bonds is 22. The standard InChI is InChI=1S/2C19H36O2Si2.CH3.Al/c2*1-8-22(9-2,10-3)17-14-16(21-7)15-18(19(17)20)23(11-4,12-5)13-6;;/h2*14-15,20H,8-13H2,1-7H3;1H3;/q;;;+2/p-2. The third-order valence-corrected chi connectivity index (χ3v) is 37.0. The molecule has 0 atom stereocenters. The summed E-state index contributed by atoms with van der Waals surface area (Å²) >= 11 is -2.23. The average Bonchev–Trinajstić information content (AvgIpc) is 3.13. The van der Waals surface area contributed by atoms with E-state index in [1.54, 1.807) is 0 Å². The van der Waals surface area contributed by atoms with Gasteiger partial charge in [0.2, 0.25) is 0 Å². The fourth-order valence-electron chi connectivity index (χ4n) is 8.91. The number of hydrogen-bond donors (Lipinski definition) is 0. The van der Waals surface area contributed by atoms with Crippen molar-refractivity contribution in [1.82, 2.24) is 0 Å². The molecule has 0 saturated carbocycles. The number of ether oxygens (including phenoxy) is 2. The molecule has 0 aliphatic heterocycles. The Morgan fingerprint density at radius 3 is 0.729 bits per heavy atom. The lowest BCUT2D eigenvalue weighted by Gasteiger charge is -2.39. The molecule has 2 aromatic carbocycles. The molecule has 0 N–H and O–H groups in total. The van der Waals surface area contributed by atoms with Crippen LogP contribution >= 0.6 is 0 Å². The normalized spacial score (nSPS) is 12.6. The Hall–Kier alpha value is -0.960. The molecule has 4 nitrogen and oxygen atoms in total. The maximum absolute atomic E-state index is 7.53. The zero-order chi connectivity index (χ0) is 36.3. The van der Waals surface area contributed by atoms with Crippen LogP contribution in [0.5, 0.6) is 23.0 Å². The zero-order valence-corrected chi connectivity index (χ0v) is 39.2. The molecule has 0 aliphatic rings. The highest BCUT2D eigenvalue weighted by molar-refractivity contribution is 6.97. The van der Waals surface area contributed by atoms with Gasteiger partial charge in [0, 0.05) is 0 Å². The second-order valence-corrected chi connectivity index (χ2v) is 36.8. The van der Waals surface area contributed by atoms with E-state index in [0.29, 0.717) is 0 Å². The van der Waals surface area contributed by atoms with Crippen LogP contribution in [-0.4, -0.2) is 61.3 Å². The van der Waals surface area contributed by atoms with E-state index < -0.39 is 47.1 Å². The van der Waals surface area contributed by atoms with Crippen LogP contribution in [0.25, 0.3) is 0 Å². The van der Waals surface area contributed by atoms with Crippen molar-refractivity contribution in [2.75, 3.05) is 14.2 Å². The van der Waals surface area contributed by atoms with E-state index in [-0.39, 0.29) is 0 Å². The Bertz CT molecular complexity index is 1070. The van der Waals surface area contributed by atoms with Gasteiger partial charge in [-0.25, -0.2) is 0 Å². The van der Waals surface area contributed by atoms with Gasteiger partial charge in [-0.2, -0.15) is 0 Å². The Kier molecular flexibility index (Phi) is 17.1. The Labute approximate surface area is 306 Å². The van der Waals surface area contributed by atoms with E-state index >= 15 is 0 Å². The van der Waals surface area contributed by atoms with Crippen molar-refractivity contribution in [3.63, 3.8) is 0 Å². The summed E-state index contributed by atoms with van der Waals surface area (Å²) in [4.78, 5) is 0. The van der Waals surface area contributed by atoms with Crippen molar-refractivity contribution in [2.45, 2.75) is 161 Å². The molecule has 0 spiro atoms. The fraction of sp³-hybridized carbons (Fsp3) is 0.692. The van der Waals surface area contributed by atoms with Crippen LogP contribution in [0.1, 0.15) is 83.1 Å². The summed E-state index contributed by atoms with van der Waals surface area (Å²) in [5.41, 5.74) is 0. The van der Waals surface area contributed by atoms with Crippen LogP contribution in [0.15, 0.2) is 24.3 Å². The molecule has 0 aromatic heterocycles. The molecule has 0 radical (unpaired) electrons. The quantitative estimate of drug-likeness (QED) is 0.113. The summed E-state index contributed by atoms with van der Waals surface area (Å²) in [5.74, 6) is 6.73. The van der Waals surface area contributed by atoms with Crippen LogP contribution in [-0.2, 0) is 0 Å². The molecule has 2 aromatic rings. The average molecular weight is 745 g/mol. The van der Waals surface area contributed by atoms with E-state index in [1.807, 2.05) is 14.2 Å². The molecule has 9 heteroatoms. The van der Waals surface area contributed by atoms with E-state index in [0.717, 1.165) is 11.5 Å². The van der Waals surface area contributed by atoms with Gasteiger partial charge in [-0.15, -0.1) is 0 Å². The first kappa shape index (κ1) is 43.2. The van der Waals surface area contributed by atoms with Crippen molar-refractivity contribution in [3.8, 4) is 23.0 Å². The van der Waals surface area contributed by atoms with Gasteiger partial charge in [0.05, 0.1) is 58.0 Å². The van der Waals surface area contributed by atoms with Crippen molar-refractivity contribution in [2.24, 2.45) is 0 Å². The maximum atomic E-state index is 7.53. The third-order valence-electron chi connectivity index (χ3n) is 13.6. The molecule has 0 aliphatic carbocycles. The first-order valence-electron chi connectivity index (χ1n) is 19.7. The SMILES string of the molecule is CC[Si](CC)(CC)c1cc(OC)cc([Si](CC)(CC)CC)c1[O][Al]([CH3])[O]c1c([Si](CC)(CC)CC)cc(OC)cc1[Si](CC)(CC)CC. The lowest BCUT2D eigenvalue weighted by atomic mass is 10.3. The smallest absolute Gasteiger partial charge is 0.612 e. The number of hydrogen-bond acceptors (Lipinski definition) is 4. The van der Waals surface area contributed by atoms with Gasteiger partial charge in [0.15, 0.2) is 0 Å². The minimum absolute atomic E-state index is 1.01. The lowest BCUT2D eigenvalue weighted by Crippen LogP contribution is -2.55. The molecular formula is C39H73AlO4Si4. The first-order chi connectivity index (χ1) is 22.9. The monoisotopic (exact) mass is 744 g/mol. The van der Waals surface area contributed by atoms with Crippen molar-refractivity contribution in [1.29, 1.82) is 0 Å². The molecule has 0 heterocycles. The Morgan fingerprint density at radius 1 is 0.396 bits per heavy atom. The predicted octanol–water partition coefficient (Wildman–Crippen LogP) is 10.1. The third kappa shape index (κ3) is 8.23. The van der Waals surface area contributed by atoms with Crippen LogP contribution in [0.3, 0.4) is 0 Å². The Morgan fingerprint density at radius 2 is 0.583 bits per heavy atom. The zero-order valence-electron chi connectivity index (χ0n) is 34.0. The topological polar surface area (TPSA) is 36.9 Å². The van der Waals surface area contributed by atoms with Crippen LogP contribution in [0, 0.1) is 0 Å². The van der Waals surface area contributed by atoms with Gasteiger partial charge in [-0.3, -0.25) is 0 Å². The molecule has 0 amide bonds. The van der Waals surface area contributed by atoms with Gasteiger partial charge in [0.1, 0.15) is 11.5 Å². The molecular weight excluding hydrogens is 672 g/mol. The largest absolute Gasteiger partial charge is 0.853 e. The summed E-state index contributed by atoms with van der Waals surface area (Å²) in [7, 11) is -3.68. The molecule has 0 fully saturated rings. The lowest BCUT2D eigenvalue weighted by molar-refractivity contribution is 0.411. The maximum Gasteiger partial charge on any atom is 0.853 e. The number of benzene rings is 2. The van der Waals surface area contributed by atoms with E-state index in [9.17, 15) is 0 Å². The van der Waals surface area contributed by atoms with Crippen LogP contribution < -0.4 is 37.8 Å². The van der Waals surface area contributed by atoms with E-state index in [1.165, 1.54) is 105 Å². The van der Waals surface area contributed by atoms with E-state index in [2.05, 4.69) is 113 Å². The van der Waals surface area contributed by atoms with Crippen LogP contribution in [0.4, 0.5) is 0 Å². The van der Waals surface area contributed by atoms with Gasteiger partial charge in [-0.1, -0.05) is 156 Å². The van der Waals surface area contributed by atoms with Crippen molar-refractivity contribution >= 4 is 67.9 Å². The van der Waals surface area contributed by atoms with Gasteiger partial charge < -0.3 is 17.1 Å². The van der Waals surface area contributed by atoms with Gasteiger partial charge in [0.25, 0.3) is 0 Å². The van der Waals surface area contributed by atoms with E-state index in [4.69, 9.17) is 17.1 Å². The second kappa shape index (κ2) is 19.0. The highest BCUT2D eigenvalue weighted by Gasteiger charge is 2.44. The fourth-order valence-corrected chi connectivity index (χ4v) is 25.9. The summed E-state index contributed by atoms with van der Waals surface area (Å²) in [5, 5.41) is 5.92. The van der Waals surface area contributed by atoms with Gasteiger partial charge >= 0.3 is 14.8 Å². The van der Waals surface area contributed by atoms with Gasteiger partial charge in [-0.05, 0) is 50.8 Å². The number of methoxy groups -OCH3 is 2. The highest BCUT2D eigenvalue weighted by Crippen LogP contribution is 2.34. The molecule has 2 rings (SSSR count). The molecule has 272 valence electrons. The first-order valence-corrected chi connectivity index (χ1v) is 32.3. The van der Waals surface area contributed by atoms with Crippen molar-refractivity contribution < 1.29 is 17.1 Å². The van der Waals surface area contributed by atoms with Crippen LogP contribution in [0.2, 0.25) is 78.3 Å². The molecule has 0 bridgehead atoms. The summed E-state index contributed by atoms with van der Waals surface area (Å²) in [6.45, 7) is 28.9. The minimum atomic E-state index is -2.23. The summed E-state index contributed by atoms with van der Waals surface area (Å²) < 4.78 is 27.2. The highest BCUT2D eigenvalue weighted by atomic mass is 28.3. The molecule has 48 heavy (non-hydrogen) atoms. The van der Waals surface area contributed by atoms with Crippen molar-refractivity contribution in [3.05, 3.63) is 24.3 Å². The molecule has 0 unspecified atom stereocenters.